The Kier molecular flexibility index (Phi) is 5.74. The fourth-order valence-electron chi connectivity index (χ4n) is 4.37. The van der Waals surface area contributed by atoms with Gasteiger partial charge in [-0.1, -0.05) is 63.6 Å². The van der Waals surface area contributed by atoms with Crippen molar-refractivity contribution in [2.24, 2.45) is 0 Å². The molecule has 0 amide bonds. The summed E-state index contributed by atoms with van der Waals surface area (Å²) >= 11 is 3.48. The number of ether oxygens (including phenoxy) is 2. The molecule has 1 aliphatic heterocycles. The van der Waals surface area contributed by atoms with Gasteiger partial charge in [0.2, 0.25) is 6.79 Å². The molecular weight excluding hydrogens is 524 g/mol. The van der Waals surface area contributed by atoms with Gasteiger partial charge in [0, 0.05) is 10.0 Å². The average Bonchev–Trinajstić information content (AvgIpc) is 3.66. The number of hydrogen-bond acceptors (Lipinski definition) is 7. The van der Waals surface area contributed by atoms with Gasteiger partial charge in [0.05, 0.1) is 18.8 Å². The first kappa shape index (κ1) is 22.4. The Morgan fingerprint density at radius 3 is 2.56 bits per heavy atom. The minimum absolute atomic E-state index is 0.0935. The van der Waals surface area contributed by atoms with Crippen LogP contribution in [0.2, 0.25) is 0 Å². The van der Waals surface area contributed by atoms with Crippen molar-refractivity contribution in [2.45, 2.75) is 18.7 Å². The molecule has 3 heterocycles. The molecule has 5 aromatic rings. The van der Waals surface area contributed by atoms with Crippen molar-refractivity contribution < 1.29 is 14.6 Å². The molecular formula is C26H21BrN6O3. The first-order chi connectivity index (χ1) is 17.6. The van der Waals surface area contributed by atoms with Crippen molar-refractivity contribution in [1.82, 2.24) is 29.8 Å². The number of halogens is 1. The van der Waals surface area contributed by atoms with Gasteiger partial charge in [0.15, 0.2) is 17.1 Å². The van der Waals surface area contributed by atoms with E-state index in [1.54, 1.807) is 15.7 Å². The highest BCUT2D eigenvalue weighted by Gasteiger charge is 2.39. The Labute approximate surface area is 215 Å². The van der Waals surface area contributed by atoms with Crippen molar-refractivity contribution in [2.75, 3.05) is 6.79 Å². The number of nitrogens with zero attached hydrogens (tertiary/aromatic N) is 6. The van der Waals surface area contributed by atoms with Crippen molar-refractivity contribution in [3.63, 3.8) is 0 Å². The summed E-state index contributed by atoms with van der Waals surface area (Å²) in [4.78, 5) is 4.05. The third kappa shape index (κ3) is 4.14. The lowest BCUT2D eigenvalue weighted by atomic mass is 9.87. The second-order valence-corrected chi connectivity index (χ2v) is 9.37. The van der Waals surface area contributed by atoms with E-state index in [-0.39, 0.29) is 13.3 Å². The van der Waals surface area contributed by atoms with Gasteiger partial charge in [-0.2, -0.15) is 5.10 Å². The summed E-state index contributed by atoms with van der Waals surface area (Å²) in [7, 11) is 0. The van der Waals surface area contributed by atoms with Crippen LogP contribution in [-0.2, 0) is 18.7 Å². The SMILES string of the molecule is OC(Cn1cncn1)(c1ccc(Br)cc1)c1nnn(Cc2ccccc2)c1-c1ccc2c(c1)OCO2. The van der Waals surface area contributed by atoms with Crippen LogP contribution >= 0.6 is 15.9 Å². The Balaban J connectivity index is 1.54. The molecule has 9 nitrogen and oxygen atoms in total. The van der Waals surface area contributed by atoms with E-state index in [0.717, 1.165) is 15.6 Å². The van der Waals surface area contributed by atoms with E-state index in [1.165, 1.54) is 6.33 Å². The standard InChI is InChI=1S/C26H21BrN6O3/c27-21-9-7-20(8-10-21)26(34,14-32-16-28-15-29-32)25-24(19-6-11-22-23(12-19)36-17-35-22)33(31-30-25)13-18-4-2-1-3-5-18/h1-12,15-16,34H,13-14,17H2. The van der Waals surface area contributed by atoms with E-state index in [0.29, 0.717) is 35.0 Å². The van der Waals surface area contributed by atoms with Crippen LogP contribution in [-0.4, -0.2) is 41.7 Å². The Bertz CT molecular complexity index is 1490. The molecule has 0 aliphatic carbocycles. The molecule has 0 saturated heterocycles. The molecule has 0 bridgehead atoms. The maximum atomic E-state index is 12.4. The molecule has 2 aromatic heterocycles. The first-order valence-corrected chi connectivity index (χ1v) is 12.1. The minimum Gasteiger partial charge on any atom is -0.454 e. The minimum atomic E-state index is -1.56. The summed E-state index contributed by atoms with van der Waals surface area (Å²) in [6.45, 7) is 0.732. The second-order valence-electron chi connectivity index (χ2n) is 8.46. The molecule has 36 heavy (non-hydrogen) atoms. The van der Waals surface area contributed by atoms with Crippen LogP contribution in [0.1, 0.15) is 16.8 Å². The van der Waals surface area contributed by atoms with E-state index < -0.39 is 5.60 Å². The van der Waals surface area contributed by atoms with Gasteiger partial charge in [-0.05, 0) is 41.5 Å². The van der Waals surface area contributed by atoms with Crippen molar-refractivity contribution in [3.05, 3.63) is 107 Å². The monoisotopic (exact) mass is 544 g/mol. The summed E-state index contributed by atoms with van der Waals surface area (Å²) in [5.74, 6) is 1.31. The Morgan fingerprint density at radius 2 is 1.78 bits per heavy atom. The lowest BCUT2D eigenvalue weighted by Gasteiger charge is -2.28. The molecule has 6 rings (SSSR count). The molecule has 0 saturated carbocycles. The van der Waals surface area contributed by atoms with E-state index in [2.05, 4.69) is 36.3 Å². The van der Waals surface area contributed by atoms with Gasteiger partial charge in [-0.25, -0.2) is 14.3 Å². The van der Waals surface area contributed by atoms with Gasteiger partial charge in [-0.3, -0.25) is 0 Å². The molecule has 1 aliphatic rings. The topological polar surface area (TPSA) is 100 Å². The maximum Gasteiger partial charge on any atom is 0.231 e. The fraction of sp³-hybridized carbons (Fsp3) is 0.154. The molecule has 3 aromatic carbocycles. The van der Waals surface area contributed by atoms with Gasteiger partial charge in [0.25, 0.3) is 0 Å². The first-order valence-electron chi connectivity index (χ1n) is 11.3. The van der Waals surface area contributed by atoms with Gasteiger partial charge in [0.1, 0.15) is 18.3 Å². The van der Waals surface area contributed by atoms with Gasteiger partial charge in [-0.15, -0.1) is 5.10 Å². The lowest BCUT2D eigenvalue weighted by molar-refractivity contribution is 0.0533. The maximum absolute atomic E-state index is 12.4. The van der Waals surface area contributed by atoms with E-state index in [4.69, 9.17) is 9.47 Å². The van der Waals surface area contributed by atoms with E-state index in [9.17, 15) is 5.11 Å². The Hall–Kier alpha value is -4.02. The summed E-state index contributed by atoms with van der Waals surface area (Å²) in [5, 5.41) is 25.6. The molecule has 180 valence electrons. The van der Waals surface area contributed by atoms with Crippen LogP contribution in [0.5, 0.6) is 11.5 Å². The van der Waals surface area contributed by atoms with Crippen LogP contribution in [0, 0.1) is 0 Å². The third-order valence-corrected chi connectivity index (χ3v) is 6.66. The zero-order valence-electron chi connectivity index (χ0n) is 19.0. The zero-order valence-corrected chi connectivity index (χ0v) is 20.6. The lowest BCUT2D eigenvalue weighted by Crippen LogP contribution is -2.34. The summed E-state index contributed by atoms with van der Waals surface area (Å²) in [6.07, 6.45) is 3.01. The van der Waals surface area contributed by atoms with E-state index >= 15 is 0 Å². The van der Waals surface area contributed by atoms with Gasteiger partial charge >= 0.3 is 0 Å². The van der Waals surface area contributed by atoms with Crippen LogP contribution in [0.3, 0.4) is 0 Å². The van der Waals surface area contributed by atoms with Crippen LogP contribution in [0.4, 0.5) is 0 Å². The van der Waals surface area contributed by atoms with Crippen LogP contribution in [0.15, 0.2) is 89.9 Å². The highest BCUT2D eigenvalue weighted by atomic mass is 79.9. The molecule has 1 N–H and O–H groups in total. The van der Waals surface area contributed by atoms with Crippen molar-refractivity contribution in [3.8, 4) is 22.8 Å². The quantitative estimate of drug-likeness (QED) is 0.330. The van der Waals surface area contributed by atoms with Crippen molar-refractivity contribution in [1.29, 1.82) is 0 Å². The molecule has 10 heteroatoms. The number of aliphatic hydroxyl groups is 1. The van der Waals surface area contributed by atoms with E-state index in [1.807, 2.05) is 72.8 Å². The smallest absolute Gasteiger partial charge is 0.231 e. The number of fused-ring (bicyclic) bond motifs is 1. The van der Waals surface area contributed by atoms with Crippen LogP contribution in [0.25, 0.3) is 11.3 Å². The highest BCUT2D eigenvalue weighted by molar-refractivity contribution is 9.10. The third-order valence-electron chi connectivity index (χ3n) is 6.13. The number of aromatic nitrogens is 6. The van der Waals surface area contributed by atoms with Crippen LogP contribution < -0.4 is 9.47 Å². The molecule has 0 fully saturated rings. The highest BCUT2D eigenvalue weighted by Crippen LogP contribution is 2.41. The predicted octanol–water partition coefficient (Wildman–Crippen LogP) is 4.01. The predicted molar refractivity (Wildman–Crippen MR) is 134 cm³/mol. The largest absolute Gasteiger partial charge is 0.454 e. The fourth-order valence-corrected chi connectivity index (χ4v) is 4.63. The summed E-state index contributed by atoms with van der Waals surface area (Å²) < 4.78 is 15.4. The molecule has 0 radical (unpaired) electrons. The summed E-state index contributed by atoms with van der Waals surface area (Å²) in [6, 6.07) is 23.2. The second kappa shape index (κ2) is 9.21. The Morgan fingerprint density at radius 1 is 0.972 bits per heavy atom. The molecule has 1 unspecified atom stereocenters. The summed E-state index contributed by atoms with van der Waals surface area (Å²) in [5.41, 5.74) is 2.01. The van der Waals surface area contributed by atoms with Crippen molar-refractivity contribution >= 4 is 15.9 Å². The molecule has 0 spiro atoms. The average molecular weight is 545 g/mol. The molecule has 1 atom stereocenters. The zero-order chi connectivity index (χ0) is 24.5. The number of hydrogen-bond donors (Lipinski definition) is 1. The van der Waals surface area contributed by atoms with Gasteiger partial charge < -0.3 is 14.6 Å². The number of benzene rings is 3. The number of rotatable bonds is 7. The normalized spacial score (nSPS) is 14.1.